The fourth-order valence-electron chi connectivity index (χ4n) is 3.41. The number of halogens is 2. The highest BCUT2D eigenvalue weighted by molar-refractivity contribution is 5.99. The van der Waals surface area contributed by atoms with Gasteiger partial charge in [-0.2, -0.15) is 0 Å². The smallest absolute Gasteiger partial charge is 0.255 e. The third kappa shape index (κ3) is 1.76. The van der Waals surface area contributed by atoms with Crippen molar-refractivity contribution in [1.29, 1.82) is 0 Å². The minimum absolute atomic E-state index is 0.224. The normalized spacial score (nSPS) is 21.4. The Kier molecular flexibility index (Phi) is 2.61. The molecule has 1 aromatic heterocycles. The fraction of sp³-hybridized carbons (Fsp3) is 0.312. The number of carbonyl (C=O) groups excluding carboxylic acids is 1. The molecule has 0 bridgehead atoms. The van der Waals surface area contributed by atoms with Crippen molar-refractivity contribution in [2.24, 2.45) is 0 Å². The van der Waals surface area contributed by atoms with Gasteiger partial charge >= 0.3 is 0 Å². The predicted octanol–water partition coefficient (Wildman–Crippen LogP) is 2.76. The number of fused-ring (bicyclic) bond motifs is 1. The summed E-state index contributed by atoms with van der Waals surface area (Å²) in [5.41, 5.74) is 0.326. The summed E-state index contributed by atoms with van der Waals surface area (Å²) in [6, 6.07) is 8.84. The lowest BCUT2D eigenvalue weighted by Gasteiger charge is -2.51. The van der Waals surface area contributed by atoms with Crippen molar-refractivity contribution in [2.75, 3.05) is 0 Å². The van der Waals surface area contributed by atoms with Gasteiger partial charge in [-0.3, -0.25) is 4.79 Å². The van der Waals surface area contributed by atoms with Gasteiger partial charge in [0.25, 0.3) is 11.8 Å². The third-order valence-electron chi connectivity index (χ3n) is 4.42. The van der Waals surface area contributed by atoms with Crippen LogP contribution in [-0.4, -0.2) is 26.7 Å². The Balaban J connectivity index is 1.77. The van der Waals surface area contributed by atoms with E-state index in [1.54, 1.807) is 18.2 Å². The van der Waals surface area contributed by atoms with Gasteiger partial charge in [0, 0.05) is 37.3 Å². The number of amides is 1. The molecule has 1 amide bonds. The number of aromatic nitrogens is 2. The standard InChI is InChI=1S/C16H13F2N3O/c17-16(18)9-15(10-16,14-19-6-3-7-20-14)21-8-11-4-1-2-5-12(11)13(21)22/h1-7H,8-10H2. The van der Waals surface area contributed by atoms with Gasteiger partial charge in [-0.25, -0.2) is 18.7 Å². The molecule has 22 heavy (non-hydrogen) atoms. The minimum atomic E-state index is -2.78. The molecule has 0 spiro atoms. The Bertz CT molecular complexity index is 740. The molecular weight excluding hydrogens is 288 g/mol. The van der Waals surface area contributed by atoms with Crippen LogP contribution in [0.4, 0.5) is 8.78 Å². The van der Waals surface area contributed by atoms with Crippen LogP contribution in [0.3, 0.4) is 0 Å². The van der Waals surface area contributed by atoms with Gasteiger partial charge in [0.15, 0.2) is 5.82 Å². The van der Waals surface area contributed by atoms with Gasteiger partial charge < -0.3 is 4.90 Å². The van der Waals surface area contributed by atoms with Crippen molar-refractivity contribution in [3.8, 4) is 0 Å². The van der Waals surface area contributed by atoms with Crippen LogP contribution in [0.1, 0.15) is 34.6 Å². The van der Waals surface area contributed by atoms with Crippen molar-refractivity contribution in [1.82, 2.24) is 14.9 Å². The SMILES string of the molecule is O=C1c2ccccc2CN1C1(c2ncccn2)CC(F)(F)C1. The van der Waals surface area contributed by atoms with E-state index in [-0.39, 0.29) is 5.91 Å². The Morgan fingerprint density at radius 1 is 1.05 bits per heavy atom. The van der Waals surface area contributed by atoms with Crippen LogP contribution in [0.15, 0.2) is 42.7 Å². The summed E-state index contributed by atoms with van der Waals surface area (Å²) in [7, 11) is 0. The molecule has 1 aliphatic carbocycles. The Labute approximate surface area is 125 Å². The van der Waals surface area contributed by atoms with Crippen LogP contribution in [0.5, 0.6) is 0 Å². The number of nitrogens with zero attached hydrogens (tertiary/aromatic N) is 3. The van der Waals surface area contributed by atoms with E-state index in [2.05, 4.69) is 9.97 Å². The zero-order chi connectivity index (χ0) is 15.4. The maximum Gasteiger partial charge on any atom is 0.255 e. The second kappa shape index (κ2) is 4.32. The maximum absolute atomic E-state index is 13.6. The van der Waals surface area contributed by atoms with Crippen LogP contribution < -0.4 is 0 Å². The second-order valence-electron chi connectivity index (χ2n) is 5.86. The number of benzene rings is 1. The molecule has 0 atom stereocenters. The summed E-state index contributed by atoms with van der Waals surface area (Å²) in [4.78, 5) is 22.4. The first-order chi connectivity index (χ1) is 10.5. The van der Waals surface area contributed by atoms with E-state index in [9.17, 15) is 13.6 Å². The molecule has 0 saturated heterocycles. The Hall–Kier alpha value is -2.37. The molecule has 1 aliphatic heterocycles. The van der Waals surface area contributed by atoms with Crippen LogP contribution in [0.25, 0.3) is 0 Å². The predicted molar refractivity (Wildman–Crippen MR) is 74.2 cm³/mol. The van der Waals surface area contributed by atoms with Gasteiger partial charge in [-0.15, -0.1) is 0 Å². The van der Waals surface area contributed by atoms with Crippen LogP contribution >= 0.6 is 0 Å². The fourth-order valence-corrected chi connectivity index (χ4v) is 3.41. The maximum atomic E-state index is 13.6. The van der Waals surface area contributed by atoms with Gasteiger partial charge in [0.1, 0.15) is 5.54 Å². The first-order valence-corrected chi connectivity index (χ1v) is 7.07. The summed E-state index contributed by atoms with van der Waals surface area (Å²) in [5, 5.41) is 0. The highest BCUT2D eigenvalue weighted by Crippen LogP contribution is 2.56. The molecule has 0 radical (unpaired) electrons. The van der Waals surface area contributed by atoms with Gasteiger partial charge in [-0.1, -0.05) is 18.2 Å². The molecule has 4 rings (SSSR count). The lowest BCUT2D eigenvalue weighted by molar-refractivity contribution is -0.173. The van der Waals surface area contributed by atoms with E-state index in [0.717, 1.165) is 5.56 Å². The van der Waals surface area contributed by atoms with Crippen LogP contribution in [0, 0.1) is 0 Å². The van der Waals surface area contributed by atoms with E-state index in [1.165, 1.54) is 17.3 Å². The van der Waals surface area contributed by atoms with E-state index in [0.29, 0.717) is 17.9 Å². The van der Waals surface area contributed by atoms with Crippen LogP contribution in [-0.2, 0) is 12.1 Å². The number of hydrogen-bond donors (Lipinski definition) is 0. The molecule has 2 heterocycles. The monoisotopic (exact) mass is 301 g/mol. The number of carbonyl (C=O) groups is 1. The average molecular weight is 301 g/mol. The van der Waals surface area contributed by atoms with Crippen LogP contribution in [0.2, 0.25) is 0 Å². The summed E-state index contributed by atoms with van der Waals surface area (Å²) in [6.07, 6.45) is 2.19. The molecule has 1 fully saturated rings. The van der Waals surface area contributed by atoms with Crippen molar-refractivity contribution in [2.45, 2.75) is 30.8 Å². The Morgan fingerprint density at radius 3 is 2.36 bits per heavy atom. The summed E-state index contributed by atoms with van der Waals surface area (Å²) in [6.45, 7) is 0.323. The molecule has 1 aromatic carbocycles. The lowest BCUT2D eigenvalue weighted by Crippen LogP contribution is -2.60. The highest BCUT2D eigenvalue weighted by atomic mass is 19.3. The molecular formula is C16H13F2N3O. The molecule has 0 N–H and O–H groups in total. The lowest BCUT2D eigenvalue weighted by atomic mass is 9.71. The van der Waals surface area contributed by atoms with Gasteiger partial charge in [0.2, 0.25) is 0 Å². The van der Waals surface area contributed by atoms with E-state index in [4.69, 9.17) is 0 Å². The van der Waals surface area contributed by atoms with Crippen molar-refractivity contribution < 1.29 is 13.6 Å². The minimum Gasteiger partial charge on any atom is -0.321 e. The number of alkyl halides is 2. The third-order valence-corrected chi connectivity index (χ3v) is 4.42. The second-order valence-corrected chi connectivity index (χ2v) is 5.86. The zero-order valence-electron chi connectivity index (χ0n) is 11.7. The van der Waals surface area contributed by atoms with Crippen molar-refractivity contribution in [3.63, 3.8) is 0 Å². The molecule has 2 aromatic rings. The van der Waals surface area contributed by atoms with Crippen molar-refractivity contribution in [3.05, 3.63) is 59.7 Å². The number of rotatable bonds is 2. The van der Waals surface area contributed by atoms with E-state index < -0.39 is 24.3 Å². The molecule has 1 saturated carbocycles. The topological polar surface area (TPSA) is 46.1 Å². The first kappa shape index (κ1) is 13.3. The summed E-state index contributed by atoms with van der Waals surface area (Å²) >= 11 is 0. The molecule has 2 aliphatic rings. The zero-order valence-corrected chi connectivity index (χ0v) is 11.7. The van der Waals surface area contributed by atoms with Gasteiger partial charge in [-0.05, 0) is 17.7 Å². The molecule has 6 heteroatoms. The average Bonchev–Trinajstić information content (AvgIpc) is 2.83. The first-order valence-electron chi connectivity index (χ1n) is 7.07. The van der Waals surface area contributed by atoms with E-state index >= 15 is 0 Å². The molecule has 112 valence electrons. The summed E-state index contributed by atoms with van der Waals surface area (Å²) in [5.74, 6) is -2.71. The van der Waals surface area contributed by atoms with Gasteiger partial charge in [0.05, 0.1) is 0 Å². The highest BCUT2D eigenvalue weighted by Gasteiger charge is 2.64. The van der Waals surface area contributed by atoms with E-state index in [1.807, 2.05) is 12.1 Å². The molecule has 4 nitrogen and oxygen atoms in total. The largest absolute Gasteiger partial charge is 0.321 e. The Morgan fingerprint density at radius 2 is 1.73 bits per heavy atom. The summed E-state index contributed by atoms with van der Waals surface area (Å²) < 4.78 is 27.3. The number of hydrogen-bond acceptors (Lipinski definition) is 3. The van der Waals surface area contributed by atoms with Crippen molar-refractivity contribution >= 4 is 5.91 Å². The molecule has 0 unspecified atom stereocenters. The quantitative estimate of drug-likeness (QED) is 0.857.